The lowest BCUT2D eigenvalue weighted by Gasteiger charge is -2.03. The topological polar surface area (TPSA) is 65.4 Å². The Morgan fingerprint density at radius 1 is 1.24 bits per heavy atom. The first-order chi connectivity index (χ1) is 10.3. The summed E-state index contributed by atoms with van der Waals surface area (Å²) in [6, 6.07) is 7.74. The van der Waals surface area contributed by atoms with Crippen LogP contribution in [0.5, 0.6) is 5.75 Å². The van der Waals surface area contributed by atoms with Gasteiger partial charge in [0.15, 0.2) is 0 Å². The van der Waals surface area contributed by atoms with E-state index < -0.39 is 0 Å². The molecule has 1 saturated carbocycles. The normalized spacial score (nSPS) is 14.5. The second-order valence-electron chi connectivity index (χ2n) is 5.44. The highest BCUT2D eigenvalue weighted by molar-refractivity contribution is 5.43. The predicted octanol–water partition coefficient (Wildman–Crippen LogP) is 2.77. The molecule has 3 aromatic heterocycles. The van der Waals surface area contributed by atoms with E-state index in [1.165, 1.54) is 18.4 Å². The first-order valence-electron chi connectivity index (χ1n) is 7.10. The fourth-order valence-electron chi connectivity index (χ4n) is 2.46. The van der Waals surface area contributed by atoms with Crippen molar-refractivity contribution in [3.63, 3.8) is 0 Å². The van der Waals surface area contributed by atoms with Gasteiger partial charge >= 0.3 is 0 Å². The Hall–Kier alpha value is -2.56. The SMILES string of the molecule is Nc1cc(OCc2cn3cc(C4CC4)ccc3n2)ccn1. The van der Waals surface area contributed by atoms with E-state index in [9.17, 15) is 0 Å². The Bertz CT molecular complexity index is 792. The Morgan fingerprint density at radius 2 is 2.14 bits per heavy atom. The standard InChI is InChI=1S/C16H16N4O/c17-15-7-14(5-6-18-15)21-10-13-9-20-8-12(11-1-2-11)3-4-16(20)19-13/h3-9,11H,1-2,10H2,(H2,17,18). The van der Waals surface area contributed by atoms with E-state index in [4.69, 9.17) is 10.5 Å². The number of nitrogens with two attached hydrogens (primary N) is 1. The minimum Gasteiger partial charge on any atom is -0.487 e. The van der Waals surface area contributed by atoms with Crippen molar-refractivity contribution in [1.82, 2.24) is 14.4 Å². The van der Waals surface area contributed by atoms with Gasteiger partial charge in [-0.3, -0.25) is 0 Å². The van der Waals surface area contributed by atoms with Gasteiger partial charge in [0.25, 0.3) is 0 Å². The molecule has 0 saturated heterocycles. The van der Waals surface area contributed by atoms with Gasteiger partial charge in [-0.2, -0.15) is 0 Å². The fourth-order valence-corrected chi connectivity index (χ4v) is 2.46. The van der Waals surface area contributed by atoms with Crippen LogP contribution in [0.15, 0.2) is 42.9 Å². The number of nitrogens with zero attached hydrogens (tertiary/aromatic N) is 3. The largest absolute Gasteiger partial charge is 0.487 e. The molecule has 0 amide bonds. The Morgan fingerprint density at radius 3 is 2.95 bits per heavy atom. The summed E-state index contributed by atoms with van der Waals surface area (Å²) in [6.45, 7) is 0.421. The van der Waals surface area contributed by atoms with Gasteiger partial charge in [-0.1, -0.05) is 6.07 Å². The number of fused-ring (bicyclic) bond motifs is 1. The predicted molar refractivity (Wildman–Crippen MR) is 80.1 cm³/mol. The number of aromatic nitrogens is 3. The fraction of sp³-hybridized carbons (Fsp3) is 0.250. The Labute approximate surface area is 122 Å². The Kier molecular flexibility index (Phi) is 2.77. The number of hydrogen-bond acceptors (Lipinski definition) is 4. The van der Waals surface area contributed by atoms with Crippen LogP contribution < -0.4 is 10.5 Å². The molecule has 5 heteroatoms. The third kappa shape index (κ3) is 2.54. The van der Waals surface area contributed by atoms with Crippen LogP contribution in [0.4, 0.5) is 5.82 Å². The molecule has 2 N–H and O–H groups in total. The maximum absolute atomic E-state index is 5.70. The van der Waals surface area contributed by atoms with Crippen molar-refractivity contribution in [3.8, 4) is 5.75 Å². The van der Waals surface area contributed by atoms with E-state index in [1.807, 2.05) is 6.20 Å². The van der Waals surface area contributed by atoms with Gasteiger partial charge in [0.1, 0.15) is 23.8 Å². The molecule has 3 heterocycles. The quantitative estimate of drug-likeness (QED) is 0.798. The first kappa shape index (κ1) is 12.2. The molecule has 0 unspecified atom stereocenters. The van der Waals surface area contributed by atoms with Gasteiger partial charge in [0, 0.05) is 24.7 Å². The zero-order chi connectivity index (χ0) is 14.2. The van der Waals surface area contributed by atoms with Crippen molar-refractivity contribution in [1.29, 1.82) is 0 Å². The average Bonchev–Trinajstić information content (AvgIpc) is 3.25. The smallest absolute Gasteiger partial charge is 0.137 e. The number of rotatable bonds is 4. The second kappa shape index (κ2) is 4.77. The van der Waals surface area contributed by atoms with E-state index in [0.717, 1.165) is 17.3 Å². The summed E-state index contributed by atoms with van der Waals surface area (Å²) in [5.74, 6) is 1.91. The number of nitrogen functional groups attached to an aromatic ring is 1. The molecule has 0 aliphatic heterocycles. The van der Waals surface area contributed by atoms with Crippen molar-refractivity contribution in [2.75, 3.05) is 5.73 Å². The van der Waals surface area contributed by atoms with Crippen LogP contribution in [-0.2, 0) is 6.61 Å². The van der Waals surface area contributed by atoms with E-state index >= 15 is 0 Å². The summed E-state index contributed by atoms with van der Waals surface area (Å²) in [6.07, 6.45) is 8.44. The van der Waals surface area contributed by atoms with Crippen molar-refractivity contribution in [2.45, 2.75) is 25.4 Å². The minimum atomic E-state index is 0.421. The zero-order valence-electron chi connectivity index (χ0n) is 11.6. The summed E-state index contributed by atoms with van der Waals surface area (Å²) in [5.41, 5.74) is 8.88. The molecule has 21 heavy (non-hydrogen) atoms. The third-order valence-electron chi connectivity index (χ3n) is 3.71. The molecule has 0 radical (unpaired) electrons. The van der Waals surface area contributed by atoms with Gasteiger partial charge in [0.2, 0.25) is 0 Å². The lowest BCUT2D eigenvalue weighted by Crippen LogP contribution is -1.97. The molecular weight excluding hydrogens is 264 g/mol. The van der Waals surface area contributed by atoms with E-state index in [-0.39, 0.29) is 0 Å². The van der Waals surface area contributed by atoms with Gasteiger partial charge in [-0.25, -0.2) is 9.97 Å². The molecule has 1 aliphatic rings. The van der Waals surface area contributed by atoms with Crippen LogP contribution in [0.3, 0.4) is 0 Å². The molecule has 5 nitrogen and oxygen atoms in total. The molecule has 0 bridgehead atoms. The van der Waals surface area contributed by atoms with Crippen molar-refractivity contribution in [3.05, 3.63) is 54.1 Å². The highest BCUT2D eigenvalue weighted by Gasteiger charge is 2.23. The van der Waals surface area contributed by atoms with E-state index in [2.05, 4.69) is 32.7 Å². The van der Waals surface area contributed by atoms with Crippen LogP contribution in [0.2, 0.25) is 0 Å². The van der Waals surface area contributed by atoms with Gasteiger partial charge < -0.3 is 14.9 Å². The van der Waals surface area contributed by atoms with Crippen LogP contribution in [0.1, 0.15) is 30.0 Å². The van der Waals surface area contributed by atoms with Gasteiger partial charge in [-0.05, 0) is 36.5 Å². The number of imidazole rings is 1. The molecule has 3 aromatic rings. The lowest BCUT2D eigenvalue weighted by molar-refractivity contribution is 0.302. The minimum absolute atomic E-state index is 0.421. The maximum atomic E-state index is 5.70. The van der Waals surface area contributed by atoms with Crippen LogP contribution >= 0.6 is 0 Å². The van der Waals surface area contributed by atoms with Crippen molar-refractivity contribution < 1.29 is 4.74 Å². The van der Waals surface area contributed by atoms with Crippen LogP contribution in [0.25, 0.3) is 5.65 Å². The van der Waals surface area contributed by atoms with E-state index in [1.54, 1.807) is 18.3 Å². The monoisotopic (exact) mass is 280 g/mol. The molecule has 0 aromatic carbocycles. The number of hydrogen-bond donors (Lipinski definition) is 1. The summed E-state index contributed by atoms with van der Waals surface area (Å²) < 4.78 is 7.77. The number of pyridine rings is 2. The molecule has 0 atom stereocenters. The summed E-state index contributed by atoms with van der Waals surface area (Å²) in [5, 5.41) is 0. The number of anilines is 1. The average molecular weight is 280 g/mol. The summed E-state index contributed by atoms with van der Waals surface area (Å²) in [7, 11) is 0. The summed E-state index contributed by atoms with van der Waals surface area (Å²) >= 11 is 0. The van der Waals surface area contributed by atoms with Gasteiger partial charge in [-0.15, -0.1) is 0 Å². The molecule has 1 aliphatic carbocycles. The number of ether oxygens (including phenoxy) is 1. The van der Waals surface area contributed by atoms with Crippen LogP contribution in [0, 0.1) is 0 Å². The van der Waals surface area contributed by atoms with Crippen LogP contribution in [-0.4, -0.2) is 14.4 Å². The zero-order valence-corrected chi connectivity index (χ0v) is 11.6. The Balaban J connectivity index is 1.53. The molecule has 4 rings (SSSR count). The maximum Gasteiger partial charge on any atom is 0.137 e. The molecule has 0 spiro atoms. The highest BCUT2D eigenvalue weighted by Crippen LogP contribution is 2.39. The third-order valence-corrected chi connectivity index (χ3v) is 3.71. The lowest BCUT2D eigenvalue weighted by atomic mass is 10.2. The second-order valence-corrected chi connectivity index (χ2v) is 5.44. The first-order valence-corrected chi connectivity index (χ1v) is 7.10. The summed E-state index contributed by atoms with van der Waals surface area (Å²) in [4.78, 5) is 8.50. The van der Waals surface area contributed by atoms with Crippen molar-refractivity contribution in [2.24, 2.45) is 0 Å². The highest BCUT2D eigenvalue weighted by atomic mass is 16.5. The van der Waals surface area contributed by atoms with Crippen molar-refractivity contribution >= 4 is 11.5 Å². The molecule has 1 fully saturated rings. The molecule has 106 valence electrons. The van der Waals surface area contributed by atoms with Gasteiger partial charge in [0.05, 0.1) is 5.69 Å². The van der Waals surface area contributed by atoms with E-state index in [0.29, 0.717) is 18.2 Å². The molecular formula is C16H16N4O.